The Balaban J connectivity index is 0.00000900. The van der Waals surface area contributed by atoms with Gasteiger partial charge in [0.05, 0.1) is 0 Å². The number of piperazine rings is 1. The second-order valence-electron chi connectivity index (χ2n) is 9.58. The topological polar surface area (TPSA) is 98.3 Å². The Morgan fingerprint density at radius 1 is 1.00 bits per heavy atom. The van der Waals surface area contributed by atoms with Crippen molar-refractivity contribution in [2.45, 2.75) is 66.0 Å². The van der Waals surface area contributed by atoms with Gasteiger partial charge in [-0.1, -0.05) is 0 Å². The highest BCUT2D eigenvalue weighted by Gasteiger charge is 2.25. The summed E-state index contributed by atoms with van der Waals surface area (Å²) < 4.78 is 5.44. The molecule has 10 heteroatoms. The summed E-state index contributed by atoms with van der Waals surface area (Å²) in [7, 11) is 0. The maximum Gasteiger partial charge on any atom is 0.410 e. The standard InChI is InChI=1S/C21H42N6O3.HI/c1-8-22-18(24-16-17(28)25-20(2,3)4)23-10-9-11-26-12-14-27(15-13-26)19(29)30-21(5,6)7;/h8-16H2,1-7H3,(H,25,28)(H2,22,23,24);1H. The number of nitrogens with zero attached hydrogens (tertiary/aromatic N) is 3. The van der Waals surface area contributed by atoms with E-state index in [0.29, 0.717) is 19.0 Å². The van der Waals surface area contributed by atoms with Gasteiger partial charge in [-0.15, -0.1) is 24.0 Å². The van der Waals surface area contributed by atoms with E-state index in [1.165, 1.54) is 0 Å². The third-order valence-electron chi connectivity index (χ3n) is 4.21. The molecule has 0 aromatic heterocycles. The van der Waals surface area contributed by atoms with Crippen LogP contribution in [0.25, 0.3) is 0 Å². The lowest BCUT2D eigenvalue weighted by molar-refractivity contribution is -0.121. The fraction of sp³-hybridized carbons (Fsp3) is 0.857. The highest BCUT2D eigenvalue weighted by molar-refractivity contribution is 14.0. The van der Waals surface area contributed by atoms with Crippen LogP contribution in [0.5, 0.6) is 0 Å². The highest BCUT2D eigenvalue weighted by Crippen LogP contribution is 2.11. The molecule has 0 bridgehead atoms. The Morgan fingerprint density at radius 3 is 2.13 bits per heavy atom. The fourth-order valence-corrected chi connectivity index (χ4v) is 2.94. The summed E-state index contributed by atoms with van der Waals surface area (Å²) in [6.07, 6.45) is 0.719. The molecule has 0 aromatic rings. The summed E-state index contributed by atoms with van der Waals surface area (Å²) >= 11 is 0. The number of aliphatic imine (C=N–C) groups is 1. The number of hydrogen-bond donors (Lipinski definition) is 3. The zero-order valence-corrected chi connectivity index (χ0v) is 22.7. The van der Waals surface area contributed by atoms with Crippen LogP contribution in [0.3, 0.4) is 0 Å². The number of amides is 2. The van der Waals surface area contributed by atoms with Crippen LogP contribution in [0.2, 0.25) is 0 Å². The summed E-state index contributed by atoms with van der Waals surface area (Å²) in [5.41, 5.74) is -0.717. The third-order valence-corrected chi connectivity index (χ3v) is 4.21. The van der Waals surface area contributed by atoms with Crippen molar-refractivity contribution in [1.29, 1.82) is 0 Å². The largest absolute Gasteiger partial charge is 0.444 e. The Morgan fingerprint density at radius 2 is 1.61 bits per heavy atom. The lowest BCUT2D eigenvalue weighted by Gasteiger charge is -2.35. The van der Waals surface area contributed by atoms with Gasteiger partial charge in [0.2, 0.25) is 5.91 Å². The van der Waals surface area contributed by atoms with Crippen LogP contribution < -0.4 is 16.0 Å². The van der Waals surface area contributed by atoms with E-state index in [4.69, 9.17) is 4.74 Å². The summed E-state index contributed by atoms with van der Waals surface area (Å²) in [5.74, 6) is 0.555. The van der Waals surface area contributed by atoms with E-state index >= 15 is 0 Å². The van der Waals surface area contributed by atoms with Gasteiger partial charge in [0, 0.05) is 44.8 Å². The molecule has 1 aliphatic heterocycles. The Bertz CT molecular complexity index is 579. The first kappa shape index (κ1) is 29.7. The number of carbonyl (C=O) groups excluding carboxylic acids is 2. The predicted octanol–water partition coefficient (Wildman–Crippen LogP) is 2.02. The van der Waals surface area contributed by atoms with Gasteiger partial charge < -0.3 is 25.6 Å². The molecule has 0 aromatic carbocycles. The molecule has 3 N–H and O–H groups in total. The molecule has 0 aliphatic carbocycles. The van der Waals surface area contributed by atoms with Gasteiger partial charge in [-0.2, -0.15) is 0 Å². The van der Waals surface area contributed by atoms with Crippen LogP contribution in [0, 0.1) is 0 Å². The van der Waals surface area contributed by atoms with E-state index in [0.717, 1.165) is 39.1 Å². The molecule has 1 aliphatic rings. The van der Waals surface area contributed by atoms with Gasteiger partial charge >= 0.3 is 6.09 Å². The zero-order chi connectivity index (χ0) is 22.8. The minimum Gasteiger partial charge on any atom is -0.444 e. The van der Waals surface area contributed by atoms with Gasteiger partial charge in [0.15, 0.2) is 5.96 Å². The molecular formula is C21H43IN6O3. The molecule has 0 radical (unpaired) electrons. The molecule has 31 heavy (non-hydrogen) atoms. The first-order chi connectivity index (χ1) is 13.9. The average molecular weight is 555 g/mol. The minimum absolute atomic E-state index is 0. The summed E-state index contributed by atoms with van der Waals surface area (Å²) in [4.78, 5) is 32.5. The summed E-state index contributed by atoms with van der Waals surface area (Å²) in [5, 5.41) is 9.35. The summed E-state index contributed by atoms with van der Waals surface area (Å²) in [6.45, 7) is 19.1. The lowest BCUT2D eigenvalue weighted by Crippen LogP contribution is -2.50. The van der Waals surface area contributed by atoms with Crippen molar-refractivity contribution in [2.24, 2.45) is 4.99 Å². The Hall–Kier alpha value is -1.30. The van der Waals surface area contributed by atoms with Crippen molar-refractivity contribution >= 4 is 41.9 Å². The number of rotatable bonds is 7. The van der Waals surface area contributed by atoms with Gasteiger partial charge in [-0.3, -0.25) is 9.69 Å². The van der Waals surface area contributed by atoms with Crippen LogP contribution in [-0.4, -0.2) is 91.3 Å². The molecule has 1 saturated heterocycles. The number of nitrogens with one attached hydrogen (secondary N) is 3. The van der Waals surface area contributed by atoms with Crippen molar-refractivity contribution in [3.05, 3.63) is 0 Å². The molecule has 0 atom stereocenters. The van der Waals surface area contributed by atoms with Gasteiger partial charge in [-0.05, 0) is 61.4 Å². The van der Waals surface area contributed by atoms with E-state index in [1.54, 1.807) is 4.90 Å². The monoisotopic (exact) mass is 554 g/mol. The SMILES string of the molecule is CCNC(=NCC(=O)NC(C)(C)C)NCCCN1CCN(C(=O)OC(C)(C)C)CC1.I. The number of ether oxygens (including phenoxy) is 1. The normalized spacial score (nSPS) is 15.7. The smallest absolute Gasteiger partial charge is 0.410 e. The molecule has 0 spiro atoms. The molecule has 0 saturated carbocycles. The van der Waals surface area contributed by atoms with Crippen molar-refractivity contribution in [2.75, 3.05) is 52.4 Å². The third kappa shape index (κ3) is 14.4. The van der Waals surface area contributed by atoms with E-state index in [2.05, 4.69) is 25.8 Å². The van der Waals surface area contributed by atoms with E-state index < -0.39 is 5.60 Å². The van der Waals surface area contributed by atoms with Crippen molar-refractivity contribution in [3.63, 3.8) is 0 Å². The summed E-state index contributed by atoms with van der Waals surface area (Å²) in [6, 6.07) is 0. The van der Waals surface area contributed by atoms with Crippen LogP contribution >= 0.6 is 24.0 Å². The predicted molar refractivity (Wildman–Crippen MR) is 136 cm³/mol. The van der Waals surface area contributed by atoms with E-state index in [1.807, 2.05) is 48.5 Å². The molecule has 1 rings (SSSR count). The number of halogens is 1. The number of hydrogen-bond acceptors (Lipinski definition) is 5. The maximum atomic E-state index is 12.1. The van der Waals surface area contributed by atoms with Gasteiger partial charge in [0.1, 0.15) is 12.1 Å². The van der Waals surface area contributed by atoms with Gasteiger partial charge in [-0.25, -0.2) is 9.79 Å². The lowest BCUT2D eigenvalue weighted by atomic mass is 10.1. The molecule has 182 valence electrons. The average Bonchev–Trinajstić information content (AvgIpc) is 2.60. The second kappa shape index (κ2) is 14.0. The van der Waals surface area contributed by atoms with Crippen molar-refractivity contribution in [1.82, 2.24) is 25.8 Å². The number of carbonyl (C=O) groups is 2. The fourth-order valence-electron chi connectivity index (χ4n) is 2.94. The highest BCUT2D eigenvalue weighted by atomic mass is 127. The molecule has 0 unspecified atom stereocenters. The van der Waals surface area contributed by atoms with Crippen molar-refractivity contribution in [3.8, 4) is 0 Å². The minimum atomic E-state index is -0.459. The molecule has 9 nitrogen and oxygen atoms in total. The first-order valence-electron chi connectivity index (χ1n) is 10.9. The number of guanidine groups is 1. The quantitative estimate of drug-likeness (QED) is 0.193. The van der Waals surface area contributed by atoms with E-state index in [9.17, 15) is 9.59 Å². The van der Waals surface area contributed by atoms with E-state index in [-0.39, 0.29) is 48.1 Å². The first-order valence-corrected chi connectivity index (χ1v) is 10.9. The Kier molecular flexibility index (Phi) is 13.4. The van der Waals surface area contributed by atoms with Crippen molar-refractivity contribution < 1.29 is 14.3 Å². The maximum absolute atomic E-state index is 12.1. The second-order valence-corrected chi connectivity index (χ2v) is 9.58. The molecule has 1 fully saturated rings. The van der Waals surface area contributed by atoms with Crippen LogP contribution in [0.1, 0.15) is 54.9 Å². The van der Waals surface area contributed by atoms with Crippen LogP contribution in [0.15, 0.2) is 4.99 Å². The van der Waals surface area contributed by atoms with Crippen LogP contribution in [-0.2, 0) is 9.53 Å². The molecular weight excluding hydrogens is 511 g/mol. The zero-order valence-electron chi connectivity index (χ0n) is 20.3. The Labute approximate surface area is 205 Å². The molecule has 2 amide bonds. The molecule has 1 heterocycles. The van der Waals surface area contributed by atoms with Gasteiger partial charge in [0.25, 0.3) is 0 Å². The van der Waals surface area contributed by atoms with Crippen LogP contribution in [0.4, 0.5) is 4.79 Å².